The highest BCUT2D eigenvalue weighted by atomic mass is 32.1. The highest BCUT2D eigenvalue weighted by molar-refractivity contribution is 7.17. The summed E-state index contributed by atoms with van der Waals surface area (Å²) in [5.74, 6) is -0.658. The number of hydrogen-bond donors (Lipinski definition) is 2. The molecule has 0 atom stereocenters. The van der Waals surface area contributed by atoms with Crippen molar-refractivity contribution in [2.24, 2.45) is 0 Å². The van der Waals surface area contributed by atoms with E-state index in [1.807, 2.05) is 56.3 Å². The fourth-order valence-corrected chi connectivity index (χ4v) is 5.59. The Hall–Kier alpha value is -4.22. The number of amides is 2. The summed E-state index contributed by atoms with van der Waals surface area (Å²) >= 11 is 1.18. The standard InChI is InChI=1S/C29H31N5O5S/c1-4-39-28(37)34-27-23(22(18-40-27)26(36)31-29(2,3)20-8-6-5-7-9-20)24(32-34)30-25(35)19-10-12-21(13-11-19)33-14-16-38-17-15-33/h5-13,18H,4,14-17H2,1-3H3,(H,31,36)(H,30,32,35). The summed E-state index contributed by atoms with van der Waals surface area (Å²) in [6.07, 6.45) is -0.693. The van der Waals surface area contributed by atoms with Crippen molar-refractivity contribution in [3.05, 3.63) is 76.7 Å². The van der Waals surface area contributed by atoms with E-state index in [0.29, 0.717) is 34.6 Å². The molecule has 11 heteroatoms. The van der Waals surface area contributed by atoms with Crippen molar-refractivity contribution in [2.45, 2.75) is 26.3 Å². The maximum Gasteiger partial charge on any atom is 0.436 e. The number of carbonyl (C=O) groups is 3. The minimum absolute atomic E-state index is 0.106. The van der Waals surface area contributed by atoms with Gasteiger partial charge in [-0.3, -0.25) is 9.59 Å². The van der Waals surface area contributed by atoms with Crippen molar-refractivity contribution in [1.82, 2.24) is 15.1 Å². The number of hydrogen-bond acceptors (Lipinski definition) is 8. The van der Waals surface area contributed by atoms with E-state index in [1.54, 1.807) is 24.4 Å². The molecule has 208 valence electrons. The number of aromatic nitrogens is 2. The van der Waals surface area contributed by atoms with Crippen molar-refractivity contribution in [3.8, 4) is 0 Å². The number of thiophene rings is 1. The maximum absolute atomic E-state index is 13.5. The molecule has 4 aromatic rings. The highest BCUT2D eigenvalue weighted by Crippen LogP contribution is 2.34. The molecule has 40 heavy (non-hydrogen) atoms. The molecule has 2 aromatic carbocycles. The zero-order chi connectivity index (χ0) is 28.3. The smallest absolute Gasteiger partial charge is 0.436 e. The predicted octanol–water partition coefficient (Wildman–Crippen LogP) is 4.86. The maximum atomic E-state index is 13.5. The van der Waals surface area contributed by atoms with Gasteiger partial charge in [-0.05, 0) is 50.6 Å². The molecule has 1 saturated heterocycles. The summed E-state index contributed by atoms with van der Waals surface area (Å²) in [5.41, 5.74) is 1.99. The molecule has 1 fully saturated rings. The second kappa shape index (κ2) is 11.5. The van der Waals surface area contributed by atoms with Gasteiger partial charge < -0.3 is 25.0 Å². The van der Waals surface area contributed by atoms with Crippen LogP contribution < -0.4 is 15.5 Å². The van der Waals surface area contributed by atoms with Crippen molar-refractivity contribution in [2.75, 3.05) is 43.1 Å². The Morgan fingerprint density at radius 1 is 1.02 bits per heavy atom. The van der Waals surface area contributed by atoms with Crippen LogP contribution in [0.2, 0.25) is 0 Å². The van der Waals surface area contributed by atoms with Gasteiger partial charge in [0.2, 0.25) is 0 Å². The monoisotopic (exact) mass is 561 g/mol. The van der Waals surface area contributed by atoms with E-state index < -0.39 is 17.5 Å². The minimum atomic E-state index is -0.693. The lowest BCUT2D eigenvalue weighted by Crippen LogP contribution is -2.40. The van der Waals surface area contributed by atoms with Crippen LogP contribution in [0.1, 0.15) is 47.1 Å². The number of nitrogens with zero attached hydrogens (tertiary/aromatic N) is 3. The van der Waals surface area contributed by atoms with Crippen LogP contribution in [-0.2, 0) is 15.0 Å². The first kappa shape index (κ1) is 27.4. The number of fused-ring (bicyclic) bond motifs is 1. The van der Waals surface area contributed by atoms with Crippen molar-refractivity contribution in [3.63, 3.8) is 0 Å². The predicted molar refractivity (Wildman–Crippen MR) is 154 cm³/mol. The van der Waals surface area contributed by atoms with Crippen LogP contribution in [0.3, 0.4) is 0 Å². The third kappa shape index (κ3) is 5.56. The molecular formula is C29H31N5O5S. The van der Waals surface area contributed by atoms with Gasteiger partial charge in [0, 0.05) is 29.7 Å². The van der Waals surface area contributed by atoms with Crippen LogP contribution in [0.25, 0.3) is 10.2 Å². The van der Waals surface area contributed by atoms with E-state index in [-0.39, 0.29) is 18.3 Å². The summed E-state index contributed by atoms with van der Waals surface area (Å²) in [6.45, 7) is 8.59. The first-order valence-corrected chi connectivity index (χ1v) is 14.0. The minimum Gasteiger partial charge on any atom is -0.448 e. The molecule has 2 amide bonds. The fraction of sp³-hybridized carbons (Fsp3) is 0.310. The van der Waals surface area contributed by atoms with Gasteiger partial charge in [-0.25, -0.2) is 4.79 Å². The van der Waals surface area contributed by atoms with E-state index in [4.69, 9.17) is 9.47 Å². The Labute approximate surface area is 235 Å². The first-order chi connectivity index (χ1) is 19.3. The van der Waals surface area contributed by atoms with Gasteiger partial charge >= 0.3 is 6.09 Å². The lowest BCUT2D eigenvalue weighted by atomic mass is 9.94. The topological polar surface area (TPSA) is 115 Å². The zero-order valence-electron chi connectivity index (χ0n) is 22.6. The average molecular weight is 562 g/mol. The van der Waals surface area contributed by atoms with E-state index in [9.17, 15) is 14.4 Å². The van der Waals surface area contributed by atoms with Crippen molar-refractivity contribution in [1.29, 1.82) is 0 Å². The SMILES string of the molecule is CCOC(=O)n1nc(NC(=O)c2ccc(N3CCOCC3)cc2)c2c(C(=O)NC(C)(C)c3ccccc3)csc21. The van der Waals surface area contributed by atoms with Crippen LogP contribution in [0.15, 0.2) is 60.0 Å². The molecule has 0 spiro atoms. The summed E-state index contributed by atoms with van der Waals surface area (Å²) in [5, 5.41) is 12.2. The molecule has 2 N–H and O–H groups in total. The molecule has 0 saturated carbocycles. The van der Waals surface area contributed by atoms with Crippen LogP contribution in [0.5, 0.6) is 0 Å². The third-order valence-corrected chi connectivity index (χ3v) is 7.70. The van der Waals surface area contributed by atoms with Gasteiger partial charge in [0.05, 0.1) is 36.3 Å². The van der Waals surface area contributed by atoms with E-state index in [0.717, 1.165) is 29.0 Å². The van der Waals surface area contributed by atoms with Crippen LogP contribution >= 0.6 is 11.3 Å². The number of ether oxygens (including phenoxy) is 2. The lowest BCUT2D eigenvalue weighted by Gasteiger charge is -2.28. The van der Waals surface area contributed by atoms with Crippen LogP contribution in [-0.4, -0.2) is 60.6 Å². The normalized spacial score (nSPS) is 13.7. The van der Waals surface area contributed by atoms with E-state index >= 15 is 0 Å². The summed E-state index contributed by atoms with van der Waals surface area (Å²) in [6, 6.07) is 16.9. The van der Waals surface area contributed by atoms with Gasteiger partial charge in [0.15, 0.2) is 5.82 Å². The third-order valence-electron chi connectivity index (χ3n) is 6.75. The number of morpholine rings is 1. The second-order valence-corrected chi connectivity index (χ2v) is 10.7. The highest BCUT2D eigenvalue weighted by Gasteiger charge is 2.29. The molecular weight excluding hydrogens is 530 g/mol. The molecule has 0 bridgehead atoms. The molecule has 1 aliphatic rings. The Kier molecular flexibility index (Phi) is 7.85. The Balaban J connectivity index is 1.44. The summed E-state index contributed by atoms with van der Waals surface area (Å²) in [7, 11) is 0. The number of rotatable bonds is 7. The molecule has 5 rings (SSSR count). The second-order valence-electron chi connectivity index (χ2n) is 9.83. The molecule has 0 radical (unpaired) electrons. The van der Waals surface area contributed by atoms with Crippen molar-refractivity contribution >= 4 is 51.0 Å². The molecule has 1 aliphatic heterocycles. The van der Waals surface area contributed by atoms with Gasteiger partial charge in [0.25, 0.3) is 11.8 Å². The van der Waals surface area contributed by atoms with Gasteiger partial charge in [-0.1, -0.05) is 30.3 Å². The first-order valence-electron chi connectivity index (χ1n) is 13.1. The number of benzene rings is 2. The van der Waals surface area contributed by atoms with Crippen LogP contribution in [0, 0.1) is 0 Å². The average Bonchev–Trinajstić information content (AvgIpc) is 3.55. The van der Waals surface area contributed by atoms with E-state index in [1.165, 1.54) is 11.3 Å². The lowest BCUT2D eigenvalue weighted by molar-refractivity contribution is 0.0913. The zero-order valence-corrected chi connectivity index (χ0v) is 23.4. The Morgan fingerprint density at radius 3 is 2.40 bits per heavy atom. The molecule has 2 aromatic heterocycles. The summed E-state index contributed by atoms with van der Waals surface area (Å²) < 4.78 is 11.7. The number of nitrogens with one attached hydrogen (secondary N) is 2. The Morgan fingerprint density at radius 2 is 1.73 bits per heavy atom. The summed E-state index contributed by atoms with van der Waals surface area (Å²) in [4.78, 5) is 42.1. The van der Waals surface area contributed by atoms with Gasteiger partial charge in [-0.15, -0.1) is 16.4 Å². The molecule has 10 nitrogen and oxygen atoms in total. The van der Waals surface area contributed by atoms with Gasteiger partial charge in [-0.2, -0.15) is 4.68 Å². The van der Waals surface area contributed by atoms with Crippen LogP contribution in [0.4, 0.5) is 16.3 Å². The Bertz CT molecular complexity index is 1520. The number of anilines is 2. The largest absolute Gasteiger partial charge is 0.448 e. The quantitative estimate of drug-likeness (QED) is 0.331. The molecule has 3 heterocycles. The van der Waals surface area contributed by atoms with Crippen molar-refractivity contribution < 1.29 is 23.9 Å². The molecule has 0 unspecified atom stereocenters. The molecule has 0 aliphatic carbocycles. The van der Waals surface area contributed by atoms with E-state index in [2.05, 4.69) is 20.6 Å². The number of carbonyl (C=O) groups excluding carboxylic acids is 3. The fourth-order valence-electron chi connectivity index (χ4n) is 4.59. The van der Waals surface area contributed by atoms with Gasteiger partial charge in [0.1, 0.15) is 4.83 Å².